The lowest BCUT2D eigenvalue weighted by Gasteiger charge is -2.28. The summed E-state index contributed by atoms with van der Waals surface area (Å²) in [5, 5.41) is 0. The third-order valence-electron chi connectivity index (χ3n) is 2.99. The molecule has 94 valence electrons. The number of aryl methyl sites for hydroxylation is 1. The summed E-state index contributed by atoms with van der Waals surface area (Å²) in [5.41, 5.74) is 1.48. The van der Waals surface area contributed by atoms with Crippen molar-refractivity contribution in [2.24, 2.45) is 0 Å². The average molecular weight is 259 g/mol. The molecule has 1 saturated heterocycles. The van der Waals surface area contributed by atoms with Gasteiger partial charge in [0.25, 0.3) is 0 Å². The van der Waals surface area contributed by atoms with Gasteiger partial charge in [0.05, 0.1) is 13.2 Å². The first-order valence-electron chi connectivity index (χ1n) is 5.78. The summed E-state index contributed by atoms with van der Waals surface area (Å²) in [5.74, 6) is -0.374. The van der Waals surface area contributed by atoms with Crippen LogP contribution in [0, 0.1) is 12.7 Å². The molecular weight excluding hydrogens is 243 g/mol. The molecule has 2 nitrogen and oxygen atoms in total. The van der Waals surface area contributed by atoms with Gasteiger partial charge in [-0.1, -0.05) is 6.07 Å². The first kappa shape index (κ1) is 12.8. The molecule has 0 N–H and O–H groups in total. The Morgan fingerprint density at radius 1 is 1.35 bits per heavy atom. The molecule has 0 bridgehead atoms. The molecule has 0 aromatic heterocycles. The molecule has 1 heterocycles. The lowest BCUT2D eigenvalue weighted by Crippen LogP contribution is -2.27. The van der Waals surface area contributed by atoms with Crippen LogP contribution in [0.1, 0.15) is 24.0 Å². The quantitative estimate of drug-likeness (QED) is 0.771. The van der Waals surface area contributed by atoms with E-state index < -0.39 is 5.79 Å². The number of rotatable bonds is 4. The molecule has 0 atom stereocenters. The van der Waals surface area contributed by atoms with Gasteiger partial charge >= 0.3 is 0 Å². The number of alkyl halides is 1. The molecule has 17 heavy (non-hydrogen) atoms. The van der Waals surface area contributed by atoms with E-state index >= 15 is 0 Å². The van der Waals surface area contributed by atoms with Crippen molar-refractivity contribution in [2.75, 3.05) is 19.1 Å². The molecule has 0 saturated carbocycles. The smallest absolute Gasteiger partial charge is 0.195 e. The van der Waals surface area contributed by atoms with E-state index in [4.69, 9.17) is 21.1 Å². The van der Waals surface area contributed by atoms with Crippen LogP contribution < -0.4 is 0 Å². The van der Waals surface area contributed by atoms with Gasteiger partial charge in [0.15, 0.2) is 5.79 Å². The minimum Gasteiger partial charge on any atom is -0.343 e. The van der Waals surface area contributed by atoms with Gasteiger partial charge in [-0.3, -0.25) is 0 Å². The molecule has 0 radical (unpaired) electrons. The summed E-state index contributed by atoms with van der Waals surface area (Å²) in [4.78, 5) is 0. The molecule has 1 aliphatic rings. The molecule has 0 amide bonds. The first-order valence-corrected chi connectivity index (χ1v) is 6.32. The number of halogens is 2. The van der Waals surface area contributed by atoms with Gasteiger partial charge in [0.2, 0.25) is 0 Å². The Hall–Kier alpha value is -0.640. The Morgan fingerprint density at radius 2 is 2.06 bits per heavy atom. The monoisotopic (exact) mass is 258 g/mol. The van der Waals surface area contributed by atoms with Gasteiger partial charge in [-0.25, -0.2) is 4.39 Å². The Bertz CT molecular complexity index is 389. The first-order chi connectivity index (χ1) is 8.18. The number of ether oxygens (including phenoxy) is 2. The minimum atomic E-state index is -0.729. The van der Waals surface area contributed by atoms with Crippen LogP contribution in [0.2, 0.25) is 0 Å². The second kappa shape index (κ2) is 5.34. The number of hydrogen-bond donors (Lipinski definition) is 0. The molecule has 0 spiro atoms. The summed E-state index contributed by atoms with van der Waals surface area (Å²) in [6, 6.07) is 4.97. The van der Waals surface area contributed by atoms with Gasteiger partial charge in [0, 0.05) is 17.9 Å². The highest BCUT2D eigenvalue weighted by Gasteiger charge is 2.38. The van der Waals surface area contributed by atoms with Gasteiger partial charge < -0.3 is 9.47 Å². The molecule has 0 aliphatic carbocycles. The molecule has 2 rings (SSSR count). The Morgan fingerprint density at radius 3 is 2.65 bits per heavy atom. The van der Waals surface area contributed by atoms with Crippen LogP contribution in [0.3, 0.4) is 0 Å². The standard InChI is InChI=1S/C13H16ClFO2/c1-10-9-11(3-4-12(10)15)13(5-2-6-14)16-7-8-17-13/h3-4,9H,2,5-8H2,1H3. The van der Waals surface area contributed by atoms with Crippen LogP contribution in [0.5, 0.6) is 0 Å². The minimum absolute atomic E-state index is 0.209. The SMILES string of the molecule is Cc1cc(C2(CCCCl)OCCO2)ccc1F. The lowest BCUT2D eigenvalue weighted by molar-refractivity contribution is -0.170. The van der Waals surface area contributed by atoms with Crippen molar-refractivity contribution < 1.29 is 13.9 Å². The second-order valence-electron chi connectivity index (χ2n) is 4.21. The van der Waals surface area contributed by atoms with E-state index in [-0.39, 0.29) is 5.82 Å². The van der Waals surface area contributed by atoms with Crippen LogP contribution in [-0.2, 0) is 15.3 Å². The predicted octanol–water partition coefficient (Wildman–Crippen LogP) is 3.35. The lowest BCUT2D eigenvalue weighted by atomic mass is 9.99. The van der Waals surface area contributed by atoms with Gasteiger partial charge in [-0.2, -0.15) is 0 Å². The van der Waals surface area contributed by atoms with E-state index in [1.807, 2.05) is 0 Å². The van der Waals surface area contributed by atoms with E-state index in [0.29, 0.717) is 31.1 Å². The van der Waals surface area contributed by atoms with Crippen LogP contribution in [-0.4, -0.2) is 19.1 Å². The summed E-state index contributed by atoms with van der Waals surface area (Å²) in [7, 11) is 0. The zero-order chi connectivity index (χ0) is 12.3. The van der Waals surface area contributed by atoms with Crippen LogP contribution in [0.15, 0.2) is 18.2 Å². The third kappa shape index (κ3) is 2.62. The summed E-state index contributed by atoms with van der Waals surface area (Å²) < 4.78 is 24.7. The van der Waals surface area contributed by atoms with E-state index in [2.05, 4.69) is 0 Å². The van der Waals surface area contributed by atoms with Crippen molar-refractivity contribution in [1.82, 2.24) is 0 Å². The maximum Gasteiger partial charge on any atom is 0.195 e. The highest BCUT2D eigenvalue weighted by atomic mass is 35.5. The molecular formula is C13H16ClFO2. The summed E-state index contributed by atoms with van der Waals surface area (Å²) >= 11 is 5.71. The van der Waals surface area contributed by atoms with Crippen molar-refractivity contribution in [3.05, 3.63) is 35.1 Å². The average Bonchev–Trinajstić information content (AvgIpc) is 2.80. The zero-order valence-corrected chi connectivity index (χ0v) is 10.6. The topological polar surface area (TPSA) is 18.5 Å². The summed E-state index contributed by atoms with van der Waals surface area (Å²) in [6.45, 7) is 2.88. The Kier molecular flexibility index (Phi) is 4.02. The molecule has 1 aromatic carbocycles. The maximum atomic E-state index is 13.3. The molecule has 4 heteroatoms. The van der Waals surface area contributed by atoms with Crippen LogP contribution >= 0.6 is 11.6 Å². The highest BCUT2D eigenvalue weighted by Crippen LogP contribution is 2.36. The zero-order valence-electron chi connectivity index (χ0n) is 9.84. The summed E-state index contributed by atoms with van der Waals surface area (Å²) in [6.07, 6.45) is 1.50. The van der Waals surface area contributed by atoms with Gasteiger partial charge in [-0.15, -0.1) is 11.6 Å². The van der Waals surface area contributed by atoms with Gasteiger partial charge in [-0.05, 0) is 31.0 Å². The van der Waals surface area contributed by atoms with Crippen LogP contribution in [0.4, 0.5) is 4.39 Å². The van der Waals surface area contributed by atoms with Crippen LogP contribution in [0.25, 0.3) is 0 Å². The van der Waals surface area contributed by atoms with E-state index in [9.17, 15) is 4.39 Å². The molecule has 1 aliphatic heterocycles. The van der Waals surface area contributed by atoms with Crippen molar-refractivity contribution >= 4 is 11.6 Å². The third-order valence-corrected chi connectivity index (χ3v) is 3.26. The van der Waals surface area contributed by atoms with Crippen molar-refractivity contribution in [2.45, 2.75) is 25.6 Å². The fraction of sp³-hybridized carbons (Fsp3) is 0.538. The highest BCUT2D eigenvalue weighted by molar-refractivity contribution is 6.17. The van der Waals surface area contributed by atoms with E-state index in [1.54, 1.807) is 19.1 Å². The van der Waals surface area contributed by atoms with E-state index in [1.165, 1.54) is 6.07 Å². The fourth-order valence-corrected chi connectivity index (χ4v) is 2.22. The normalized spacial score (nSPS) is 18.5. The van der Waals surface area contributed by atoms with Crippen molar-refractivity contribution in [3.63, 3.8) is 0 Å². The number of benzene rings is 1. The second-order valence-corrected chi connectivity index (χ2v) is 4.58. The number of hydrogen-bond acceptors (Lipinski definition) is 2. The molecule has 0 unspecified atom stereocenters. The molecule has 1 fully saturated rings. The maximum absolute atomic E-state index is 13.3. The van der Waals surface area contributed by atoms with E-state index in [0.717, 1.165) is 12.0 Å². The largest absolute Gasteiger partial charge is 0.343 e. The van der Waals surface area contributed by atoms with Crippen molar-refractivity contribution in [1.29, 1.82) is 0 Å². The molecule has 1 aromatic rings. The van der Waals surface area contributed by atoms with Crippen molar-refractivity contribution in [3.8, 4) is 0 Å². The van der Waals surface area contributed by atoms with Gasteiger partial charge in [0.1, 0.15) is 5.82 Å². The Labute approximate surface area is 106 Å². The fourth-order valence-electron chi connectivity index (χ4n) is 2.09. The Balaban J connectivity index is 2.28. The predicted molar refractivity (Wildman–Crippen MR) is 64.7 cm³/mol.